The van der Waals surface area contributed by atoms with E-state index in [1.807, 2.05) is 12.3 Å². The van der Waals surface area contributed by atoms with Crippen molar-refractivity contribution in [2.75, 3.05) is 0 Å². The molecule has 15 heavy (non-hydrogen) atoms. The Morgan fingerprint density at radius 3 is 3.27 bits per heavy atom. The number of fused-ring (bicyclic) bond motifs is 3. The molecule has 1 aliphatic heterocycles. The molecule has 2 heterocycles. The van der Waals surface area contributed by atoms with Crippen LogP contribution >= 0.6 is 0 Å². The van der Waals surface area contributed by atoms with E-state index in [0.717, 1.165) is 5.69 Å². The molecule has 0 saturated carbocycles. The fourth-order valence-electron chi connectivity index (χ4n) is 2.47. The summed E-state index contributed by atoms with van der Waals surface area (Å²) >= 11 is 0. The van der Waals surface area contributed by atoms with Gasteiger partial charge in [0.2, 0.25) is 0 Å². The monoisotopic (exact) mass is 198 g/mol. The highest BCUT2D eigenvalue weighted by Crippen LogP contribution is 2.39. The van der Waals surface area contributed by atoms with Crippen LogP contribution in [0.25, 0.3) is 6.08 Å². The van der Waals surface area contributed by atoms with Crippen molar-refractivity contribution in [2.45, 2.75) is 19.4 Å². The van der Waals surface area contributed by atoms with E-state index in [-0.39, 0.29) is 6.04 Å². The predicted molar refractivity (Wildman–Crippen MR) is 61.8 cm³/mol. The summed E-state index contributed by atoms with van der Waals surface area (Å²) in [5.41, 5.74) is 2.37. The molecule has 1 aromatic rings. The molecule has 0 bridgehead atoms. The third kappa shape index (κ3) is 1.41. The Labute approximate surface area is 89.8 Å². The van der Waals surface area contributed by atoms with E-state index in [0.29, 0.717) is 11.8 Å². The Bertz CT molecular complexity index is 434. The maximum Gasteiger partial charge on any atom is 0.0984 e. The van der Waals surface area contributed by atoms with E-state index >= 15 is 0 Å². The third-order valence-electron chi connectivity index (χ3n) is 3.23. The van der Waals surface area contributed by atoms with E-state index in [1.165, 1.54) is 12.0 Å². The number of rotatable bonds is 0. The predicted octanol–water partition coefficient (Wildman–Crippen LogP) is 2.88. The van der Waals surface area contributed by atoms with Gasteiger partial charge in [0.25, 0.3) is 0 Å². The molecular formula is C13H14N2. The van der Waals surface area contributed by atoms with Gasteiger partial charge in [-0.25, -0.2) is 0 Å². The van der Waals surface area contributed by atoms with Gasteiger partial charge >= 0.3 is 0 Å². The molecule has 76 valence electrons. The third-order valence-corrected chi connectivity index (χ3v) is 3.23. The topological polar surface area (TPSA) is 25.2 Å². The summed E-state index contributed by atoms with van der Waals surface area (Å²) in [7, 11) is 0. The van der Waals surface area contributed by atoms with Crippen LogP contribution in [0.3, 0.4) is 0 Å². The quantitative estimate of drug-likeness (QED) is 0.629. The Balaban J connectivity index is 2.08. The molecule has 0 spiro atoms. The first kappa shape index (κ1) is 8.84. The fourth-order valence-corrected chi connectivity index (χ4v) is 2.47. The van der Waals surface area contributed by atoms with Gasteiger partial charge in [-0.15, -0.1) is 0 Å². The van der Waals surface area contributed by atoms with E-state index in [2.05, 4.69) is 41.3 Å². The molecule has 0 aromatic carbocycles. The maximum atomic E-state index is 4.64. The van der Waals surface area contributed by atoms with E-state index in [1.54, 1.807) is 0 Å². The zero-order valence-electron chi connectivity index (χ0n) is 8.80. The lowest BCUT2D eigenvalue weighted by molar-refractivity contribution is 0.419. The second-order valence-electron chi connectivity index (χ2n) is 4.46. The summed E-state index contributed by atoms with van der Waals surface area (Å²) < 4.78 is 0. The summed E-state index contributed by atoms with van der Waals surface area (Å²) in [5.74, 6) is 1.15. The van der Waals surface area contributed by atoms with Crippen molar-refractivity contribution in [3.8, 4) is 0 Å². The molecular weight excluding hydrogens is 184 g/mol. The Morgan fingerprint density at radius 1 is 1.40 bits per heavy atom. The van der Waals surface area contributed by atoms with Crippen molar-refractivity contribution in [2.24, 2.45) is 16.8 Å². The normalized spacial score (nSPS) is 32.2. The molecule has 0 fully saturated rings. The first-order valence-electron chi connectivity index (χ1n) is 5.51. The summed E-state index contributed by atoms with van der Waals surface area (Å²) in [6.45, 7) is 2.22. The first-order valence-corrected chi connectivity index (χ1v) is 5.51. The van der Waals surface area contributed by atoms with Gasteiger partial charge in [-0.1, -0.05) is 25.1 Å². The minimum atomic E-state index is 0.266. The van der Waals surface area contributed by atoms with Crippen LogP contribution in [-0.4, -0.2) is 11.2 Å². The standard InChI is InChI=1S/C13H14N2/c1-9-7-11-5-4-10-3-2-6-14-12(10)13(11)15-8-9/h2-6,8-9,11,13H,7H2,1H3. The second-order valence-corrected chi connectivity index (χ2v) is 4.46. The van der Waals surface area contributed by atoms with Gasteiger partial charge in [-0.2, -0.15) is 0 Å². The molecule has 0 N–H and O–H groups in total. The lowest BCUT2D eigenvalue weighted by Gasteiger charge is -2.30. The smallest absolute Gasteiger partial charge is 0.0984 e. The lowest BCUT2D eigenvalue weighted by Crippen LogP contribution is -2.22. The van der Waals surface area contributed by atoms with Crippen LogP contribution in [0.15, 0.2) is 29.4 Å². The lowest BCUT2D eigenvalue weighted by atomic mass is 9.81. The highest BCUT2D eigenvalue weighted by molar-refractivity contribution is 5.64. The highest BCUT2D eigenvalue weighted by atomic mass is 14.9. The van der Waals surface area contributed by atoms with Crippen LogP contribution in [0.2, 0.25) is 0 Å². The van der Waals surface area contributed by atoms with Gasteiger partial charge in [0, 0.05) is 18.3 Å². The fraction of sp³-hybridized carbons (Fsp3) is 0.385. The minimum Gasteiger partial charge on any atom is -0.287 e. The van der Waals surface area contributed by atoms with E-state index in [9.17, 15) is 0 Å². The van der Waals surface area contributed by atoms with Crippen molar-refractivity contribution < 1.29 is 0 Å². The zero-order valence-corrected chi connectivity index (χ0v) is 8.80. The van der Waals surface area contributed by atoms with Gasteiger partial charge in [0.1, 0.15) is 0 Å². The Morgan fingerprint density at radius 2 is 2.33 bits per heavy atom. The van der Waals surface area contributed by atoms with Crippen molar-refractivity contribution in [3.05, 3.63) is 35.7 Å². The average Bonchev–Trinajstić information content (AvgIpc) is 2.28. The van der Waals surface area contributed by atoms with Gasteiger partial charge in [0.05, 0.1) is 11.7 Å². The van der Waals surface area contributed by atoms with Gasteiger partial charge in [-0.05, 0) is 24.0 Å². The van der Waals surface area contributed by atoms with Gasteiger partial charge in [0.15, 0.2) is 0 Å². The summed E-state index contributed by atoms with van der Waals surface area (Å²) in [6.07, 6.45) is 9.63. The number of hydrogen-bond donors (Lipinski definition) is 0. The van der Waals surface area contributed by atoms with Crippen LogP contribution < -0.4 is 0 Å². The van der Waals surface area contributed by atoms with Crippen LogP contribution in [0, 0.1) is 11.8 Å². The van der Waals surface area contributed by atoms with Crippen LogP contribution in [0.1, 0.15) is 30.6 Å². The van der Waals surface area contributed by atoms with Crippen molar-refractivity contribution >= 4 is 12.3 Å². The van der Waals surface area contributed by atoms with E-state index < -0.39 is 0 Å². The van der Waals surface area contributed by atoms with Crippen LogP contribution in [0.4, 0.5) is 0 Å². The Hall–Kier alpha value is -1.44. The molecule has 2 aliphatic rings. The van der Waals surface area contributed by atoms with Crippen molar-refractivity contribution in [3.63, 3.8) is 0 Å². The average molecular weight is 198 g/mol. The molecule has 3 atom stereocenters. The summed E-state index contributed by atoms with van der Waals surface area (Å²) in [4.78, 5) is 9.10. The molecule has 1 aliphatic carbocycles. The number of aliphatic imine (C=N–C) groups is 1. The summed E-state index contributed by atoms with van der Waals surface area (Å²) in [5, 5.41) is 0. The number of nitrogens with zero attached hydrogens (tertiary/aromatic N) is 2. The number of pyridine rings is 1. The molecule has 3 rings (SSSR count). The maximum absolute atomic E-state index is 4.64. The van der Waals surface area contributed by atoms with Crippen molar-refractivity contribution in [1.82, 2.24) is 4.98 Å². The van der Waals surface area contributed by atoms with E-state index in [4.69, 9.17) is 0 Å². The van der Waals surface area contributed by atoms with Crippen molar-refractivity contribution in [1.29, 1.82) is 0 Å². The minimum absolute atomic E-state index is 0.266. The molecule has 0 saturated heterocycles. The second kappa shape index (κ2) is 3.30. The van der Waals surface area contributed by atoms with Crippen LogP contribution in [0.5, 0.6) is 0 Å². The molecule has 0 amide bonds. The Kier molecular flexibility index (Phi) is 1.94. The zero-order chi connectivity index (χ0) is 10.3. The van der Waals surface area contributed by atoms with Crippen LogP contribution in [-0.2, 0) is 0 Å². The molecule has 0 radical (unpaired) electrons. The molecule has 2 heteroatoms. The molecule has 3 unspecified atom stereocenters. The SMILES string of the molecule is CC1C=NC2c3ncccc3C=CC2C1. The highest BCUT2D eigenvalue weighted by Gasteiger charge is 2.30. The molecule has 1 aromatic heterocycles. The number of aromatic nitrogens is 1. The summed E-state index contributed by atoms with van der Waals surface area (Å²) in [6, 6.07) is 4.36. The first-order chi connectivity index (χ1) is 7.34. The number of hydrogen-bond acceptors (Lipinski definition) is 2. The largest absolute Gasteiger partial charge is 0.287 e. The van der Waals surface area contributed by atoms with Gasteiger partial charge < -0.3 is 0 Å². The molecule has 2 nitrogen and oxygen atoms in total. The van der Waals surface area contributed by atoms with Gasteiger partial charge in [-0.3, -0.25) is 9.98 Å².